The largest absolute Gasteiger partial charge is 0.436 e. The van der Waals surface area contributed by atoms with E-state index in [0.717, 1.165) is 66.3 Å². The van der Waals surface area contributed by atoms with Crippen LogP contribution in [0.5, 0.6) is 0 Å². The van der Waals surface area contributed by atoms with Gasteiger partial charge in [-0.3, -0.25) is 4.79 Å². The minimum absolute atomic E-state index is 0.00652. The Morgan fingerprint density at radius 1 is 1.17 bits per heavy atom. The van der Waals surface area contributed by atoms with Crippen molar-refractivity contribution in [2.24, 2.45) is 11.8 Å². The van der Waals surface area contributed by atoms with Crippen molar-refractivity contribution in [1.29, 1.82) is 5.26 Å². The monoisotopic (exact) mass is 467 g/mol. The van der Waals surface area contributed by atoms with E-state index in [2.05, 4.69) is 31.6 Å². The van der Waals surface area contributed by atoms with Gasteiger partial charge < -0.3 is 20.0 Å². The second-order valence-electron chi connectivity index (χ2n) is 9.23. The fraction of sp³-hybridized carbons (Fsp3) is 0.346. The molecule has 4 aromatic rings. The van der Waals surface area contributed by atoms with E-state index in [1.165, 1.54) is 0 Å². The molecular weight excluding hydrogens is 442 g/mol. The minimum Gasteiger partial charge on any atom is -0.436 e. The highest BCUT2D eigenvalue weighted by Gasteiger charge is 2.30. The molecule has 9 heteroatoms. The van der Waals surface area contributed by atoms with Crippen molar-refractivity contribution >= 4 is 45.1 Å². The van der Waals surface area contributed by atoms with E-state index in [1.54, 1.807) is 12.4 Å². The van der Waals surface area contributed by atoms with E-state index < -0.39 is 0 Å². The van der Waals surface area contributed by atoms with Crippen molar-refractivity contribution in [2.75, 3.05) is 35.7 Å². The van der Waals surface area contributed by atoms with Gasteiger partial charge in [0.2, 0.25) is 11.8 Å². The number of aromatic nitrogens is 3. The Hall–Kier alpha value is -4.19. The van der Waals surface area contributed by atoms with Gasteiger partial charge in [0.15, 0.2) is 5.58 Å². The molecule has 0 spiro atoms. The molecule has 4 heterocycles. The Kier molecular flexibility index (Phi) is 5.21. The van der Waals surface area contributed by atoms with Gasteiger partial charge in [-0.25, -0.2) is 15.0 Å². The predicted octanol–water partition coefficient (Wildman–Crippen LogP) is 4.57. The Bertz CT molecular complexity index is 1480. The second kappa shape index (κ2) is 8.55. The molecule has 1 unspecified atom stereocenters. The number of benzene rings is 1. The topological polar surface area (TPSA) is 120 Å². The number of oxazole rings is 1. The molecule has 2 N–H and O–H groups in total. The van der Waals surface area contributed by atoms with Crippen LogP contribution in [-0.2, 0) is 4.79 Å². The number of amides is 1. The van der Waals surface area contributed by atoms with Gasteiger partial charge in [0, 0.05) is 54.9 Å². The lowest BCUT2D eigenvalue weighted by Gasteiger charge is -2.31. The first-order chi connectivity index (χ1) is 17.1. The maximum Gasteiger partial charge on any atom is 0.229 e. The lowest BCUT2D eigenvalue weighted by atomic mass is 9.99. The Morgan fingerprint density at radius 3 is 2.86 bits per heavy atom. The first-order valence-electron chi connectivity index (χ1n) is 12.0. The van der Waals surface area contributed by atoms with Crippen LogP contribution in [0.2, 0.25) is 0 Å². The van der Waals surface area contributed by atoms with Crippen LogP contribution in [0.15, 0.2) is 41.1 Å². The first kappa shape index (κ1) is 21.4. The summed E-state index contributed by atoms with van der Waals surface area (Å²) in [7, 11) is 1.81. The Labute approximate surface area is 202 Å². The predicted molar refractivity (Wildman–Crippen MR) is 134 cm³/mol. The van der Waals surface area contributed by atoms with Crippen LogP contribution in [0.25, 0.3) is 33.3 Å². The summed E-state index contributed by atoms with van der Waals surface area (Å²) in [4.78, 5) is 28.3. The third-order valence-electron chi connectivity index (χ3n) is 6.78. The van der Waals surface area contributed by atoms with Crippen molar-refractivity contribution in [3.05, 3.63) is 36.7 Å². The average Bonchev–Trinajstić information content (AvgIpc) is 3.67. The van der Waals surface area contributed by atoms with Crippen molar-refractivity contribution in [3.8, 4) is 17.5 Å². The zero-order chi connectivity index (χ0) is 23.9. The molecule has 9 nitrogen and oxygen atoms in total. The molecule has 3 aromatic heterocycles. The number of carbonyl (C=O) groups excluding carboxylic acids is 1. The number of nitrogens with zero attached hydrogens (tertiary/aromatic N) is 5. The minimum atomic E-state index is 0.00652. The summed E-state index contributed by atoms with van der Waals surface area (Å²) >= 11 is 0. The van der Waals surface area contributed by atoms with Gasteiger partial charge in [-0.2, -0.15) is 5.26 Å². The summed E-state index contributed by atoms with van der Waals surface area (Å²) in [5.74, 6) is 1.79. The molecule has 2 aliphatic rings. The molecule has 1 aliphatic heterocycles. The third kappa shape index (κ3) is 4.01. The smallest absolute Gasteiger partial charge is 0.229 e. The lowest BCUT2D eigenvalue weighted by molar-refractivity contribution is -0.117. The highest BCUT2D eigenvalue weighted by atomic mass is 16.3. The molecule has 1 amide bonds. The highest BCUT2D eigenvalue weighted by molar-refractivity contribution is 6.03. The lowest BCUT2D eigenvalue weighted by Crippen LogP contribution is -2.34. The van der Waals surface area contributed by atoms with Crippen LogP contribution in [0.1, 0.15) is 25.7 Å². The molecule has 0 radical (unpaired) electrons. The first-order valence-corrected chi connectivity index (χ1v) is 12.0. The van der Waals surface area contributed by atoms with Gasteiger partial charge in [-0.05, 0) is 49.9 Å². The van der Waals surface area contributed by atoms with Gasteiger partial charge in [-0.15, -0.1) is 0 Å². The molecule has 0 bridgehead atoms. The molecule has 176 valence electrons. The molecule has 1 saturated carbocycles. The fourth-order valence-corrected chi connectivity index (χ4v) is 4.69. The van der Waals surface area contributed by atoms with Crippen molar-refractivity contribution in [3.63, 3.8) is 0 Å². The zero-order valence-electron chi connectivity index (χ0n) is 19.4. The van der Waals surface area contributed by atoms with Gasteiger partial charge in [0.1, 0.15) is 17.2 Å². The number of fused-ring (bicyclic) bond motifs is 2. The van der Waals surface area contributed by atoms with Crippen LogP contribution in [-0.4, -0.2) is 41.0 Å². The quantitative estimate of drug-likeness (QED) is 0.438. The summed E-state index contributed by atoms with van der Waals surface area (Å²) in [6, 6.07) is 10.2. The SMILES string of the molecule is CNc1ncc(-c2nc3cc(N4CCCC(C#N)C4)ccc3o2)c2cc(NC(=O)C3CC3)ncc12. The third-order valence-corrected chi connectivity index (χ3v) is 6.78. The van der Waals surface area contributed by atoms with Gasteiger partial charge in [0.05, 0.1) is 17.6 Å². The molecular formula is C26H25N7O2. The zero-order valence-corrected chi connectivity index (χ0v) is 19.4. The van der Waals surface area contributed by atoms with Crippen LogP contribution in [0, 0.1) is 23.2 Å². The van der Waals surface area contributed by atoms with E-state index in [9.17, 15) is 10.1 Å². The number of hydrogen-bond acceptors (Lipinski definition) is 8. The number of carbonyl (C=O) groups is 1. The Morgan fingerprint density at radius 2 is 2.06 bits per heavy atom. The number of rotatable bonds is 5. The van der Waals surface area contributed by atoms with Gasteiger partial charge >= 0.3 is 0 Å². The number of nitrogens with one attached hydrogen (secondary N) is 2. The molecule has 1 aromatic carbocycles. The van der Waals surface area contributed by atoms with Crippen LogP contribution in [0.4, 0.5) is 17.3 Å². The molecule has 2 fully saturated rings. The van der Waals surface area contributed by atoms with Crippen molar-refractivity contribution < 1.29 is 9.21 Å². The maximum absolute atomic E-state index is 12.3. The van der Waals surface area contributed by atoms with Crippen LogP contribution in [0.3, 0.4) is 0 Å². The molecule has 1 saturated heterocycles. The summed E-state index contributed by atoms with van der Waals surface area (Å²) in [6.45, 7) is 1.66. The highest BCUT2D eigenvalue weighted by Crippen LogP contribution is 2.36. The molecule has 1 aliphatic carbocycles. The normalized spacial score (nSPS) is 17.9. The van der Waals surface area contributed by atoms with Gasteiger partial charge in [0.25, 0.3) is 0 Å². The van der Waals surface area contributed by atoms with E-state index in [0.29, 0.717) is 23.1 Å². The van der Waals surface area contributed by atoms with E-state index >= 15 is 0 Å². The summed E-state index contributed by atoms with van der Waals surface area (Å²) in [5, 5.41) is 17.0. The molecule has 6 rings (SSSR count). The van der Waals surface area contributed by atoms with E-state index in [-0.39, 0.29) is 17.7 Å². The molecule has 1 atom stereocenters. The Balaban J connectivity index is 1.39. The van der Waals surface area contributed by atoms with E-state index in [1.807, 2.05) is 31.3 Å². The number of anilines is 3. The summed E-state index contributed by atoms with van der Waals surface area (Å²) < 4.78 is 6.14. The second-order valence-corrected chi connectivity index (χ2v) is 9.23. The summed E-state index contributed by atoms with van der Waals surface area (Å²) in [5.41, 5.74) is 3.20. The van der Waals surface area contributed by atoms with Crippen LogP contribution < -0.4 is 15.5 Å². The molecule has 35 heavy (non-hydrogen) atoms. The van der Waals surface area contributed by atoms with Crippen molar-refractivity contribution in [1.82, 2.24) is 15.0 Å². The number of nitriles is 1. The maximum atomic E-state index is 12.3. The summed E-state index contributed by atoms with van der Waals surface area (Å²) in [6.07, 6.45) is 7.25. The number of pyridine rings is 2. The van der Waals surface area contributed by atoms with Gasteiger partial charge in [-0.1, -0.05) is 0 Å². The standard InChI is InChI=1S/C26H25N7O2/c1-28-24-19-12-29-23(32-25(34)16-4-5-16)10-18(19)20(13-30-24)26-31-21-9-17(6-7-22(21)35-26)33-8-2-3-15(11-27)14-33/h6-7,9-10,12-13,15-16H,2-5,8,14H2,1H3,(H,28,30)(H,29,32,34). The number of hydrogen-bond donors (Lipinski definition) is 2. The number of piperidine rings is 1. The van der Waals surface area contributed by atoms with Crippen LogP contribution >= 0.6 is 0 Å². The average molecular weight is 468 g/mol. The van der Waals surface area contributed by atoms with Crippen molar-refractivity contribution in [2.45, 2.75) is 25.7 Å². The van der Waals surface area contributed by atoms with E-state index in [4.69, 9.17) is 9.40 Å². The fourth-order valence-electron chi connectivity index (χ4n) is 4.69.